The van der Waals surface area contributed by atoms with Gasteiger partial charge in [-0.1, -0.05) is 0 Å². The van der Waals surface area contributed by atoms with Crippen LogP contribution in [0.25, 0.3) is 0 Å². The van der Waals surface area contributed by atoms with Crippen molar-refractivity contribution in [3.8, 4) is 11.5 Å². The monoisotopic (exact) mass is 358 g/mol. The van der Waals surface area contributed by atoms with Crippen LogP contribution in [0.1, 0.15) is 23.2 Å². The van der Waals surface area contributed by atoms with Gasteiger partial charge < -0.3 is 24.8 Å². The Kier molecular flexibility index (Phi) is 7.81. The van der Waals surface area contributed by atoms with Gasteiger partial charge in [0.1, 0.15) is 0 Å². The van der Waals surface area contributed by atoms with Gasteiger partial charge in [-0.2, -0.15) is 0 Å². The summed E-state index contributed by atoms with van der Waals surface area (Å²) >= 11 is 0. The SMILES string of the molecule is COC(=O)c1cc(NC(=O)C2CCCNC2)c(OC)c(OC)c1.Cl. The molecular formula is C16H23ClN2O5. The number of esters is 1. The Balaban J connectivity index is 0.00000288. The molecule has 1 saturated heterocycles. The second kappa shape index (κ2) is 9.34. The molecule has 1 aromatic carbocycles. The van der Waals surface area contributed by atoms with Crippen LogP contribution >= 0.6 is 12.4 Å². The van der Waals surface area contributed by atoms with Crippen molar-refractivity contribution >= 4 is 30.0 Å². The normalized spacial score (nSPS) is 16.5. The average molecular weight is 359 g/mol. The summed E-state index contributed by atoms with van der Waals surface area (Å²) in [7, 11) is 4.24. The molecule has 1 fully saturated rings. The number of benzene rings is 1. The molecule has 0 saturated carbocycles. The van der Waals surface area contributed by atoms with E-state index in [0.29, 0.717) is 23.7 Å². The summed E-state index contributed by atoms with van der Waals surface area (Å²) in [5.74, 6) is -0.00803. The lowest BCUT2D eigenvalue weighted by atomic mass is 9.98. The molecule has 1 aromatic rings. The number of methoxy groups -OCH3 is 3. The molecule has 1 atom stereocenters. The zero-order chi connectivity index (χ0) is 16.8. The largest absolute Gasteiger partial charge is 0.493 e. The molecule has 1 aliphatic heterocycles. The number of carbonyl (C=O) groups excluding carboxylic acids is 2. The van der Waals surface area contributed by atoms with Gasteiger partial charge in [-0.05, 0) is 31.5 Å². The molecular weight excluding hydrogens is 336 g/mol. The van der Waals surface area contributed by atoms with Crippen molar-refractivity contribution in [2.45, 2.75) is 12.8 Å². The highest BCUT2D eigenvalue weighted by molar-refractivity contribution is 5.98. The number of hydrogen-bond donors (Lipinski definition) is 2. The van der Waals surface area contributed by atoms with E-state index in [1.807, 2.05) is 0 Å². The summed E-state index contributed by atoms with van der Waals surface area (Å²) < 4.78 is 15.3. The van der Waals surface area contributed by atoms with E-state index in [2.05, 4.69) is 10.6 Å². The molecule has 7 nitrogen and oxygen atoms in total. The molecule has 134 valence electrons. The second-order valence-corrected chi connectivity index (χ2v) is 5.28. The van der Waals surface area contributed by atoms with E-state index in [0.717, 1.165) is 19.4 Å². The smallest absolute Gasteiger partial charge is 0.338 e. The number of amides is 1. The van der Waals surface area contributed by atoms with Crippen molar-refractivity contribution in [3.63, 3.8) is 0 Å². The van der Waals surface area contributed by atoms with Gasteiger partial charge in [-0.15, -0.1) is 12.4 Å². The zero-order valence-corrected chi connectivity index (χ0v) is 14.8. The van der Waals surface area contributed by atoms with Crippen LogP contribution in [0.2, 0.25) is 0 Å². The van der Waals surface area contributed by atoms with Gasteiger partial charge in [0.05, 0.1) is 38.5 Å². The number of anilines is 1. The molecule has 1 heterocycles. The van der Waals surface area contributed by atoms with Crippen molar-refractivity contribution < 1.29 is 23.8 Å². The second-order valence-electron chi connectivity index (χ2n) is 5.28. The summed E-state index contributed by atoms with van der Waals surface area (Å²) in [6.07, 6.45) is 1.79. The van der Waals surface area contributed by atoms with Gasteiger partial charge in [0, 0.05) is 6.54 Å². The molecule has 2 rings (SSSR count). The molecule has 0 bridgehead atoms. The first-order chi connectivity index (χ1) is 11.1. The fourth-order valence-electron chi connectivity index (χ4n) is 2.60. The van der Waals surface area contributed by atoms with Crippen molar-refractivity contribution in [3.05, 3.63) is 17.7 Å². The summed E-state index contributed by atoms with van der Waals surface area (Å²) in [6, 6.07) is 3.05. The number of carbonyl (C=O) groups is 2. The van der Waals surface area contributed by atoms with Crippen molar-refractivity contribution in [1.29, 1.82) is 0 Å². The van der Waals surface area contributed by atoms with Gasteiger partial charge in [0.15, 0.2) is 11.5 Å². The van der Waals surface area contributed by atoms with Gasteiger partial charge in [-0.25, -0.2) is 4.79 Å². The van der Waals surface area contributed by atoms with E-state index < -0.39 is 5.97 Å². The van der Waals surface area contributed by atoms with E-state index >= 15 is 0 Å². The van der Waals surface area contributed by atoms with Crippen LogP contribution < -0.4 is 20.1 Å². The van der Waals surface area contributed by atoms with Crippen molar-refractivity contribution in [2.75, 3.05) is 39.7 Å². The Hall–Kier alpha value is -1.99. The minimum atomic E-state index is -0.513. The van der Waals surface area contributed by atoms with Crippen LogP contribution in [-0.2, 0) is 9.53 Å². The Morgan fingerprint density at radius 2 is 1.96 bits per heavy atom. The molecule has 24 heavy (non-hydrogen) atoms. The predicted octanol–water partition coefficient (Wildman–Crippen LogP) is 1.85. The molecule has 0 radical (unpaired) electrons. The van der Waals surface area contributed by atoms with Crippen LogP contribution in [0.3, 0.4) is 0 Å². The number of halogens is 1. The van der Waals surface area contributed by atoms with Gasteiger partial charge in [0.25, 0.3) is 0 Å². The Labute approximate surface area is 147 Å². The van der Waals surface area contributed by atoms with E-state index in [4.69, 9.17) is 14.2 Å². The van der Waals surface area contributed by atoms with E-state index in [-0.39, 0.29) is 29.8 Å². The quantitative estimate of drug-likeness (QED) is 0.781. The minimum absolute atomic E-state index is 0. The van der Waals surface area contributed by atoms with Crippen LogP contribution in [-0.4, -0.2) is 46.3 Å². The van der Waals surface area contributed by atoms with Crippen LogP contribution in [0.5, 0.6) is 11.5 Å². The first-order valence-corrected chi connectivity index (χ1v) is 7.46. The summed E-state index contributed by atoms with van der Waals surface area (Å²) in [5, 5.41) is 6.03. The Bertz CT molecular complexity index is 588. The number of nitrogens with one attached hydrogen (secondary N) is 2. The van der Waals surface area contributed by atoms with Crippen LogP contribution in [0.4, 0.5) is 5.69 Å². The van der Waals surface area contributed by atoms with Crippen molar-refractivity contribution in [2.24, 2.45) is 5.92 Å². The number of rotatable bonds is 5. The highest BCUT2D eigenvalue weighted by Crippen LogP contribution is 2.37. The van der Waals surface area contributed by atoms with Gasteiger partial charge >= 0.3 is 5.97 Å². The zero-order valence-electron chi connectivity index (χ0n) is 14.0. The summed E-state index contributed by atoms with van der Waals surface area (Å²) in [5.41, 5.74) is 0.671. The lowest BCUT2D eigenvalue weighted by Crippen LogP contribution is -2.37. The number of hydrogen-bond acceptors (Lipinski definition) is 6. The third-order valence-corrected chi connectivity index (χ3v) is 3.83. The molecule has 1 unspecified atom stereocenters. The summed E-state index contributed by atoms with van der Waals surface area (Å²) in [6.45, 7) is 1.57. The van der Waals surface area contributed by atoms with Crippen LogP contribution in [0.15, 0.2) is 12.1 Å². The van der Waals surface area contributed by atoms with Gasteiger partial charge in [0.2, 0.25) is 5.91 Å². The average Bonchev–Trinajstić information content (AvgIpc) is 2.60. The highest BCUT2D eigenvalue weighted by Gasteiger charge is 2.24. The predicted molar refractivity (Wildman–Crippen MR) is 92.4 cm³/mol. The Morgan fingerprint density at radius 3 is 2.50 bits per heavy atom. The molecule has 0 aliphatic carbocycles. The maximum atomic E-state index is 12.4. The third kappa shape index (κ3) is 4.52. The molecule has 1 aliphatic rings. The fraction of sp³-hybridized carbons (Fsp3) is 0.500. The highest BCUT2D eigenvalue weighted by atomic mass is 35.5. The first-order valence-electron chi connectivity index (χ1n) is 7.46. The first kappa shape index (κ1) is 20.1. The topological polar surface area (TPSA) is 85.9 Å². The lowest BCUT2D eigenvalue weighted by molar-refractivity contribution is -0.120. The maximum Gasteiger partial charge on any atom is 0.338 e. The third-order valence-electron chi connectivity index (χ3n) is 3.83. The van der Waals surface area contributed by atoms with Gasteiger partial charge in [-0.3, -0.25) is 4.79 Å². The molecule has 1 amide bonds. The minimum Gasteiger partial charge on any atom is -0.493 e. The summed E-state index contributed by atoms with van der Waals surface area (Å²) in [4.78, 5) is 24.2. The molecule has 0 aromatic heterocycles. The van der Waals surface area contributed by atoms with Crippen LogP contribution in [0, 0.1) is 5.92 Å². The molecule has 8 heteroatoms. The Morgan fingerprint density at radius 1 is 1.21 bits per heavy atom. The standard InChI is InChI=1S/C16H22N2O5.ClH/c1-21-13-8-11(16(20)23-3)7-12(14(13)22-2)18-15(19)10-5-4-6-17-9-10;/h7-8,10,17H,4-6,9H2,1-3H3,(H,18,19);1H. The molecule has 2 N–H and O–H groups in total. The van der Waals surface area contributed by atoms with E-state index in [1.165, 1.54) is 33.5 Å². The van der Waals surface area contributed by atoms with E-state index in [1.54, 1.807) is 0 Å². The van der Waals surface area contributed by atoms with Crippen molar-refractivity contribution in [1.82, 2.24) is 5.32 Å². The van der Waals surface area contributed by atoms with E-state index in [9.17, 15) is 9.59 Å². The maximum absolute atomic E-state index is 12.4. The number of ether oxygens (including phenoxy) is 3. The number of piperidine rings is 1. The fourth-order valence-corrected chi connectivity index (χ4v) is 2.60. The lowest BCUT2D eigenvalue weighted by Gasteiger charge is -2.23. The molecule has 0 spiro atoms.